The maximum Gasteiger partial charge on any atom is 0.0511 e. The van der Waals surface area contributed by atoms with Gasteiger partial charge in [0.15, 0.2) is 0 Å². The second kappa shape index (κ2) is 6.99. The van der Waals surface area contributed by atoms with Crippen molar-refractivity contribution < 1.29 is 0 Å². The molecule has 0 spiro atoms. The predicted molar refractivity (Wildman–Crippen MR) is 96.3 cm³/mol. The molecule has 2 aromatic carbocycles. The molecule has 1 N–H and O–H groups in total. The van der Waals surface area contributed by atoms with Gasteiger partial charge >= 0.3 is 0 Å². The van der Waals surface area contributed by atoms with Gasteiger partial charge in [0.1, 0.15) is 0 Å². The lowest BCUT2D eigenvalue weighted by Crippen LogP contribution is -2.13. The molecule has 0 aromatic heterocycles. The first-order valence-corrected chi connectivity index (χ1v) is 8.10. The van der Waals surface area contributed by atoms with E-state index in [1.165, 1.54) is 22.5 Å². The fourth-order valence-electron chi connectivity index (χ4n) is 2.50. The number of anilines is 2. The van der Waals surface area contributed by atoms with Crippen LogP contribution >= 0.6 is 15.9 Å². The van der Waals surface area contributed by atoms with Gasteiger partial charge in [-0.3, -0.25) is 0 Å². The highest BCUT2D eigenvalue weighted by atomic mass is 79.9. The molecule has 2 aromatic rings. The van der Waals surface area contributed by atoms with Crippen LogP contribution in [0.3, 0.4) is 0 Å². The van der Waals surface area contributed by atoms with Crippen molar-refractivity contribution in [1.29, 1.82) is 0 Å². The number of benzene rings is 2. The molecular weight excluding hydrogens is 324 g/mol. The molecule has 0 aliphatic heterocycles. The number of nitrogens with one attached hydrogen (secondary N) is 1. The largest absolute Gasteiger partial charge is 0.378 e. The highest BCUT2D eigenvalue weighted by Crippen LogP contribution is 2.27. The minimum atomic E-state index is 0.329. The average Bonchev–Trinajstić information content (AvgIpc) is 2.47. The lowest BCUT2D eigenvalue weighted by atomic mass is 10.0. The van der Waals surface area contributed by atoms with Crippen LogP contribution in [0.4, 0.5) is 11.4 Å². The first-order valence-electron chi connectivity index (χ1n) is 7.31. The van der Waals surface area contributed by atoms with E-state index in [4.69, 9.17) is 0 Å². The Bertz CT molecular complexity index is 591. The standard InChI is InChI=1S/C18H23BrN2/c1-5-17(14-7-9-15(19)10-8-14)20-16-11-6-13(2)18(12-16)21(3)4/h6-12,17,20H,5H2,1-4H3. The van der Waals surface area contributed by atoms with Gasteiger partial charge in [-0.2, -0.15) is 0 Å². The third kappa shape index (κ3) is 4.01. The van der Waals surface area contributed by atoms with Gasteiger partial charge in [0.25, 0.3) is 0 Å². The summed E-state index contributed by atoms with van der Waals surface area (Å²) in [5, 5.41) is 3.64. The molecule has 2 nitrogen and oxygen atoms in total. The second-order valence-electron chi connectivity index (χ2n) is 5.55. The summed E-state index contributed by atoms with van der Waals surface area (Å²) in [4.78, 5) is 2.15. The van der Waals surface area contributed by atoms with E-state index in [-0.39, 0.29) is 0 Å². The van der Waals surface area contributed by atoms with Gasteiger partial charge in [-0.05, 0) is 48.7 Å². The van der Waals surface area contributed by atoms with Gasteiger partial charge in [-0.1, -0.05) is 41.1 Å². The Morgan fingerprint density at radius 1 is 1.10 bits per heavy atom. The summed E-state index contributed by atoms with van der Waals surface area (Å²) in [5.74, 6) is 0. The number of halogens is 1. The summed E-state index contributed by atoms with van der Waals surface area (Å²) >= 11 is 3.49. The summed E-state index contributed by atoms with van der Waals surface area (Å²) in [5.41, 5.74) is 5.03. The van der Waals surface area contributed by atoms with Crippen LogP contribution in [0.2, 0.25) is 0 Å². The molecule has 3 heteroatoms. The quantitative estimate of drug-likeness (QED) is 0.780. The van der Waals surface area contributed by atoms with Crippen LogP contribution in [0.1, 0.15) is 30.5 Å². The van der Waals surface area contributed by atoms with E-state index in [0.717, 1.165) is 10.9 Å². The smallest absolute Gasteiger partial charge is 0.0511 e. The highest BCUT2D eigenvalue weighted by molar-refractivity contribution is 9.10. The fourth-order valence-corrected chi connectivity index (χ4v) is 2.76. The number of aryl methyl sites for hydroxylation is 1. The third-order valence-electron chi connectivity index (χ3n) is 3.71. The number of rotatable bonds is 5. The molecule has 0 heterocycles. The molecule has 2 rings (SSSR count). The van der Waals surface area contributed by atoms with Crippen LogP contribution in [-0.4, -0.2) is 14.1 Å². The molecule has 0 fully saturated rings. The van der Waals surface area contributed by atoms with E-state index < -0.39 is 0 Å². The Morgan fingerprint density at radius 2 is 1.76 bits per heavy atom. The molecule has 21 heavy (non-hydrogen) atoms. The van der Waals surface area contributed by atoms with Crippen molar-refractivity contribution in [2.24, 2.45) is 0 Å². The molecular formula is C18H23BrN2. The number of hydrogen-bond acceptors (Lipinski definition) is 2. The molecule has 0 radical (unpaired) electrons. The summed E-state index contributed by atoms with van der Waals surface area (Å²) in [7, 11) is 4.16. The van der Waals surface area contributed by atoms with Gasteiger partial charge in [-0.15, -0.1) is 0 Å². The lowest BCUT2D eigenvalue weighted by molar-refractivity contribution is 0.749. The third-order valence-corrected chi connectivity index (χ3v) is 4.24. The van der Waals surface area contributed by atoms with Gasteiger partial charge in [0.2, 0.25) is 0 Å². The van der Waals surface area contributed by atoms with Crippen LogP contribution in [0.5, 0.6) is 0 Å². The maximum absolute atomic E-state index is 3.64. The minimum Gasteiger partial charge on any atom is -0.378 e. The number of hydrogen-bond donors (Lipinski definition) is 1. The molecule has 112 valence electrons. The summed E-state index contributed by atoms with van der Waals surface area (Å²) in [6.45, 7) is 4.35. The topological polar surface area (TPSA) is 15.3 Å². The second-order valence-corrected chi connectivity index (χ2v) is 6.47. The lowest BCUT2D eigenvalue weighted by Gasteiger charge is -2.22. The first-order chi connectivity index (χ1) is 10.0. The van der Waals surface area contributed by atoms with E-state index in [1.54, 1.807) is 0 Å². The van der Waals surface area contributed by atoms with E-state index in [2.05, 4.69) is 96.6 Å². The molecule has 0 saturated carbocycles. The molecule has 0 amide bonds. The van der Waals surface area contributed by atoms with Crippen molar-refractivity contribution in [1.82, 2.24) is 0 Å². The highest BCUT2D eigenvalue weighted by Gasteiger charge is 2.10. The molecule has 1 atom stereocenters. The van der Waals surface area contributed by atoms with Crippen LogP contribution in [0.15, 0.2) is 46.9 Å². The Morgan fingerprint density at radius 3 is 2.33 bits per heavy atom. The van der Waals surface area contributed by atoms with Crippen molar-refractivity contribution in [2.45, 2.75) is 26.3 Å². The zero-order valence-corrected chi connectivity index (χ0v) is 14.7. The molecule has 0 saturated heterocycles. The zero-order chi connectivity index (χ0) is 15.4. The SMILES string of the molecule is CCC(Nc1ccc(C)c(N(C)C)c1)c1ccc(Br)cc1. The Hall–Kier alpha value is -1.48. The van der Waals surface area contributed by atoms with Crippen molar-refractivity contribution in [2.75, 3.05) is 24.3 Å². The number of nitrogens with zero attached hydrogens (tertiary/aromatic N) is 1. The van der Waals surface area contributed by atoms with Crippen molar-refractivity contribution >= 4 is 27.3 Å². The van der Waals surface area contributed by atoms with Gasteiger partial charge < -0.3 is 10.2 Å². The van der Waals surface area contributed by atoms with Crippen molar-refractivity contribution in [3.8, 4) is 0 Å². The Balaban J connectivity index is 2.22. The van der Waals surface area contributed by atoms with Crippen LogP contribution in [0.25, 0.3) is 0 Å². The Kier molecular flexibility index (Phi) is 5.29. The predicted octanol–water partition coefficient (Wildman–Crippen LogP) is 5.39. The summed E-state index contributed by atoms with van der Waals surface area (Å²) in [6, 6.07) is 15.4. The normalized spacial score (nSPS) is 12.0. The molecule has 1 unspecified atom stereocenters. The monoisotopic (exact) mass is 346 g/mol. The van der Waals surface area contributed by atoms with E-state index >= 15 is 0 Å². The van der Waals surface area contributed by atoms with E-state index in [0.29, 0.717) is 6.04 Å². The van der Waals surface area contributed by atoms with E-state index in [1.807, 2.05) is 0 Å². The van der Waals surface area contributed by atoms with E-state index in [9.17, 15) is 0 Å². The summed E-state index contributed by atoms with van der Waals surface area (Å²) < 4.78 is 1.12. The summed E-state index contributed by atoms with van der Waals surface area (Å²) in [6.07, 6.45) is 1.05. The fraction of sp³-hybridized carbons (Fsp3) is 0.333. The average molecular weight is 347 g/mol. The van der Waals surface area contributed by atoms with Gasteiger partial charge in [0.05, 0.1) is 6.04 Å². The molecule has 0 aliphatic rings. The van der Waals surface area contributed by atoms with Gasteiger partial charge in [0, 0.05) is 29.9 Å². The van der Waals surface area contributed by atoms with Crippen LogP contribution in [0, 0.1) is 6.92 Å². The van der Waals surface area contributed by atoms with Gasteiger partial charge in [-0.25, -0.2) is 0 Å². The minimum absolute atomic E-state index is 0.329. The van der Waals surface area contributed by atoms with Crippen molar-refractivity contribution in [3.63, 3.8) is 0 Å². The zero-order valence-electron chi connectivity index (χ0n) is 13.2. The first kappa shape index (κ1) is 15.9. The molecule has 0 bridgehead atoms. The van der Waals surface area contributed by atoms with Crippen LogP contribution in [-0.2, 0) is 0 Å². The maximum atomic E-state index is 3.64. The van der Waals surface area contributed by atoms with Crippen molar-refractivity contribution in [3.05, 3.63) is 58.1 Å². The van der Waals surface area contributed by atoms with Crippen LogP contribution < -0.4 is 10.2 Å². The Labute approximate surface area is 136 Å². The molecule has 0 aliphatic carbocycles.